The Balaban J connectivity index is 3.62. The van der Waals surface area contributed by atoms with Gasteiger partial charge in [-0.05, 0) is 50.4 Å². The molecular formula is C28H56O5. The molecule has 0 saturated carbocycles. The summed E-state index contributed by atoms with van der Waals surface area (Å²) < 4.78 is 10.6. The Kier molecular flexibility index (Phi) is 21.7. The molecule has 0 radical (unpaired) electrons. The van der Waals surface area contributed by atoms with Crippen LogP contribution in [0.15, 0.2) is 11.6 Å². The Bertz CT molecular complexity index is 452. The zero-order valence-electron chi connectivity index (χ0n) is 22.4. The van der Waals surface area contributed by atoms with E-state index in [-0.39, 0.29) is 26.4 Å². The predicted molar refractivity (Wildman–Crippen MR) is 138 cm³/mol. The molecule has 0 bridgehead atoms. The maximum Gasteiger partial charge on any atom is 0.101 e. The molecule has 198 valence electrons. The number of unbranched alkanes of at least 4 members (excludes halogenated alkanes) is 1. The van der Waals surface area contributed by atoms with E-state index in [4.69, 9.17) is 19.7 Å². The lowest BCUT2D eigenvalue weighted by atomic mass is 9.91. The van der Waals surface area contributed by atoms with Gasteiger partial charge in [0, 0.05) is 6.61 Å². The molecule has 0 amide bonds. The standard InChI is InChI=1S/C28H56O5/c1-23(2)11-8-13-25(4)15-10-17-26(5)16-9-14-24(3)12-6-7-18-32-21-28(31)22-33-20-27(30)19-29/h12,23,25-31H,6-11,13-22H2,1-5H3. The second-order valence-corrected chi connectivity index (χ2v) is 10.7. The lowest BCUT2D eigenvalue weighted by molar-refractivity contribution is -0.0479. The van der Waals surface area contributed by atoms with Gasteiger partial charge in [-0.2, -0.15) is 0 Å². The minimum atomic E-state index is -0.894. The molecule has 0 fully saturated rings. The summed E-state index contributed by atoms with van der Waals surface area (Å²) in [5.41, 5.74) is 1.47. The van der Waals surface area contributed by atoms with E-state index in [9.17, 15) is 5.11 Å². The quantitative estimate of drug-likeness (QED) is 0.127. The summed E-state index contributed by atoms with van der Waals surface area (Å²) in [6.45, 7) is 12.3. The van der Waals surface area contributed by atoms with Crippen LogP contribution in [0.2, 0.25) is 0 Å². The monoisotopic (exact) mass is 472 g/mol. The Morgan fingerprint density at radius 3 is 1.88 bits per heavy atom. The van der Waals surface area contributed by atoms with E-state index in [0.29, 0.717) is 6.61 Å². The van der Waals surface area contributed by atoms with Crippen molar-refractivity contribution in [3.63, 3.8) is 0 Å². The summed E-state index contributed by atoms with van der Waals surface area (Å²) >= 11 is 0. The topological polar surface area (TPSA) is 79.2 Å². The molecule has 0 aromatic carbocycles. The molecule has 0 aliphatic carbocycles. The molecule has 0 saturated heterocycles. The highest BCUT2D eigenvalue weighted by Gasteiger charge is 2.08. The van der Waals surface area contributed by atoms with Crippen molar-refractivity contribution in [2.45, 2.75) is 117 Å². The van der Waals surface area contributed by atoms with Crippen LogP contribution < -0.4 is 0 Å². The highest BCUT2D eigenvalue weighted by molar-refractivity contribution is 4.97. The maximum absolute atomic E-state index is 9.75. The van der Waals surface area contributed by atoms with Gasteiger partial charge in [0.25, 0.3) is 0 Å². The SMILES string of the molecule is CC(=CCCCOCC(O)COCC(O)CO)CCCC(C)CCCC(C)CCCC(C)C. The number of ether oxygens (including phenoxy) is 2. The Morgan fingerprint density at radius 2 is 1.27 bits per heavy atom. The van der Waals surface area contributed by atoms with Gasteiger partial charge in [-0.3, -0.25) is 0 Å². The van der Waals surface area contributed by atoms with Crippen LogP contribution in [0.5, 0.6) is 0 Å². The Labute approximate surface area is 205 Å². The van der Waals surface area contributed by atoms with Crippen molar-refractivity contribution >= 4 is 0 Å². The molecule has 0 rings (SSSR count). The second-order valence-electron chi connectivity index (χ2n) is 10.7. The third-order valence-electron chi connectivity index (χ3n) is 6.27. The van der Waals surface area contributed by atoms with Crippen molar-refractivity contribution in [1.82, 2.24) is 0 Å². The van der Waals surface area contributed by atoms with Crippen LogP contribution >= 0.6 is 0 Å². The van der Waals surface area contributed by atoms with Crippen molar-refractivity contribution in [1.29, 1.82) is 0 Å². The van der Waals surface area contributed by atoms with Crippen LogP contribution in [0.25, 0.3) is 0 Å². The van der Waals surface area contributed by atoms with Crippen LogP contribution in [0.4, 0.5) is 0 Å². The second kappa shape index (κ2) is 22.0. The number of aliphatic hydroxyl groups excluding tert-OH is 3. The van der Waals surface area contributed by atoms with E-state index in [1.807, 2.05) is 0 Å². The van der Waals surface area contributed by atoms with Crippen molar-refractivity contribution in [3.05, 3.63) is 11.6 Å². The third-order valence-corrected chi connectivity index (χ3v) is 6.27. The molecule has 4 atom stereocenters. The van der Waals surface area contributed by atoms with E-state index in [0.717, 1.165) is 30.6 Å². The summed E-state index contributed by atoms with van der Waals surface area (Å²) in [7, 11) is 0. The first kappa shape index (κ1) is 32.5. The van der Waals surface area contributed by atoms with Crippen molar-refractivity contribution in [2.75, 3.05) is 33.0 Å². The number of hydrogen-bond acceptors (Lipinski definition) is 5. The highest BCUT2D eigenvalue weighted by atomic mass is 16.5. The van der Waals surface area contributed by atoms with E-state index >= 15 is 0 Å². The fraction of sp³-hybridized carbons (Fsp3) is 0.929. The molecule has 5 nitrogen and oxygen atoms in total. The van der Waals surface area contributed by atoms with Gasteiger partial charge in [0.15, 0.2) is 0 Å². The van der Waals surface area contributed by atoms with Crippen molar-refractivity contribution < 1.29 is 24.8 Å². The summed E-state index contributed by atoms with van der Waals surface area (Å²) in [6, 6.07) is 0. The number of rotatable bonds is 23. The number of allylic oxidation sites excluding steroid dienone is 2. The summed E-state index contributed by atoms with van der Waals surface area (Å²) in [6.07, 6.45) is 14.8. The number of hydrogen-bond donors (Lipinski definition) is 3. The first-order valence-electron chi connectivity index (χ1n) is 13.5. The molecule has 5 heteroatoms. The molecule has 3 N–H and O–H groups in total. The Morgan fingerprint density at radius 1 is 0.727 bits per heavy atom. The lowest BCUT2D eigenvalue weighted by Gasteiger charge is -2.15. The molecule has 0 heterocycles. The molecule has 4 unspecified atom stereocenters. The fourth-order valence-electron chi connectivity index (χ4n) is 4.00. The van der Waals surface area contributed by atoms with Gasteiger partial charge in [-0.15, -0.1) is 0 Å². The molecule has 0 spiro atoms. The van der Waals surface area contributed by atoms with Gasteiger partial charge in [0.2, 0.25) is 0 Å². The molecule has 0 aromatic heterocycles. The van der Waals surface area contributed by atoms with E-state index in [2.05, 4.69) is 40.7 Å². The zero-order chi connectivity index (χ0) is 24.9. The van der Waals surface area contributed by atoms with Gasteiger partial charge >= 0.3 is 0 Å². The Hall–Kier alpha value is -0.460. The fourth-order valence-corrected chi connectivity index (χ4v) is 4.00. The van der Waals surface area contributed by atoms with Gasteiger partial charge in [0.05, 0.1) is 26.4 Å². The smallest absolute Gasteiger partial charge is 0.101 e. The van der Waals surface area contributed by atoms with Gasteiger partial charge < -0.3 is 24.8 Å². The van der Waals surface area contributed by atoms with E-state index in [1.165, 1.54) is 63.4 Å². The summed E-state index contributed by atoms with van der Waals surface area (Å²) in [4.78, 5) is 0. The van der Waals surface area contributed by atoms with Gasteiger partial charge in [-0.1, -0.05) is 84.3 Å². The lowest BCUT2D eigenvalue weighted by Crippen LogP contribution is -2.26. The normalized spacial score (nSPS) is 16.2. The molecule has 33 heavy (non-hydrogen) atoms. The largest absolute Gasteiger partial charge is 0.394 e. The minimum Gasteiger partial charge on any atom is -0.394 e. The van der Waals surface area contributed by atoms with Gasteiger partial charge in [-0.25, -0.2) is 0 Å². The number of aliphatic hydroxyl groups is 3. The predicted octanol–water partition coefficient (Wildman–Crippen LogP) is 5.90. The van der Waals surface area contributed by atoms with Crippen molar-refractivity contribution in [2.24, 2.45) is 17.8 Å². The van der Waals surface area contributed by atoms with Gasteiger partial charge in [0.1, 0.15) is 12.2 Å². The van der Waals surface area contributed by atoms with Crippen LogP contribution in [0.1, 0.15) is 105 Å². The first-order chi connectivity index (χ1) is 15.7. The molecule has 0 aliphatic heterocycles. The molecule has 0 aromatic rings. The van der Waals surface area contributed by atoms with Crippen LogP contribution in [-0.2, 0) is 9.47 Å². The minimum absolute atomic E-state index is 0.0220. The zero-order valence-corrected chi connectivity index (χ0v) is 22.4. The summed E-state index contributed by atoms with van der Waals surface area (Å²) in [5.74, 6) is 2.55. The van der Waals surface area contributed by atoms with Crippen LogP contribution in [0, 0.1) is 17.8 Å². The first-order valence-corrected chi connectivity index (χ1v) is 13.5. The van der Waals surface area contributed by atoms with Crippen LogP contribution in [0.3, 0.4) is 0 Å². The maximum atomic E-state index is 9.75. The third kappa shape index (κ3) is 23.1. The van der Waals surface area contributed by atoms with E-state index < -0.39 is 12.2 Å². The average molecular weight is 473 g/mol. The average Bonchev–Trinajstić information content (AvgIpc) is 2.75. The van der Waals surface area contributed by atoms with E-state index in [1.54, 1.807) is 0 Å². The summed E-state index contributed by atoms with van der Waals surface area (Å²) in [5, 5.41) is 27.6. The molecular weight excluding hydrogens is 416 g/mol. The van der Waals surface area contributed by atoms with Crippen LogP contribution in [-0.4, -0.2) is 60.6 Å². The highest BCUT2D eigenvalue weighted by Crippen LogP contribution is 2.22. The molecule has 0 aliphatic rings. The van der Waals surface area contributed by atoms with Crippen molar-refractivity contribution in [3.8, 4) is 0 Å².